The summed E-state index contributed by atoms with van der Waals surface area (Å²) in [5, 5.41) is 3.00. The highest BCUT2D eigenvalue weighted by Gasteiger charge is 1.95. The van der Waals surface area contributed by atoms with E-state index in [-0.39, 0.29) is 12.4 Å². The van der Waals surface area contributed by atoms with E-state index in [0.29, 0.717) is 5.75 Å². The number of ether oxygens (including phenoxy) is 1. The molecule has 1 rings (SSSR count). The molecule has 0 aliphatic carbocycles. The fourth-order valence-corrected chi connectivity index (χ4v) is 0.903. The van der Waals surface area contributed by atoms with Crippen LogP contribution in [0.5, 0.6) is 5.75 Å². The van der Waals surface area contributed by atoms with Gasteiger partial charge in [0.25, 0.3) is 0 Å². The average Bonchev–Trinajstić information content (AvgIpc) is 2.30. The lowest BCUT2D eigenvalue weighted by molar-refractivity contribution is -0.118. The Morgan fingerprint density at radius 1 is 1.27 bits per heavy atom. The van der Waals surface area contributed by atoms with E-state index in [2.05, 4.69) is 5.32 Å². The van der Waals surface area contributed by atoms with Crippen molar-refractivity contribution < 1.29 is 9.53 Å². The maximum absolute atomic E-state index is 10.6. The Balaban J connectivity index is 0.000000921. The first kappa shape index (κ1) is 13.5. The molecule has 0 saturated heterocycles. The van der Waals surface area contributed by atoms with E-state index < -0.39 is 0 Å². The van der Waals surface area contributed by atoms with Crippen molar-refractivity contribution in [2.24, 2.45) is 0 Å². The summed E-state index contributed by atoms with van der Waals surface area (Å²) in [6, 6.07) is 7.45. The number of ketones is 1. The molecule has 84 valence electrons. The van der Waals surface area contributed by atoms with Crippen LogP contribution < -0.4 is 10.1 Å². The lowest BCUT2D eigenvalue weighted by Gasteiger charge is -2.04. The summed E-state index contributed by atoms with van der Waals surface area (Å²) >= 11 is 0. The molecule has 0 amide bonds. The van der Waals surface area contributed by atoms with Crippen LogP contribution in [0, 0.1) is 0 Å². The number of hydrogen-bond acceptors (Lipinski definition) is 3. The zero-order chi connectivity index (χ0) is 11.7. The highest BCUT2D eigenvalue weighted by atomic mass is 16.5. The van der Waals surface area contributed by atoms with E-state index in [1.807, 2.05) is 45.2 Å². The Kier molecular flexibility index (Phi) is 7.06. The number of hydrogen-bond donors (Lipinski definition) is 1. The van der Waals surface area contributed by atoms with Crippen molar-refractivity contribution in [1.82, 2.24) is 0 Å². The van der Waals surface area contributed by atoms with Crippen LogP contribution in [0.1, 0.15) is 20.8 Å². The van der Waals surface area contributed by atoms with E-state index >= 15 is 0 Å². The molecular formula is C12H19NO2. The topological polar surface area (TPSA) is 38.3 Å². The first-order chi connectivity index (χ1) is 7.22. The molecule has 0 unspecified atom stereocenters. The quantitative estimate of drug-likeness (QED) is 0.828. The second kappa shape index (κ2) is 7.85. The first-order valence-electron chi connectivity index (χ1n) is 5.12. The highest BCUT2D eigenvalue weighted by molar-refractivity contribution is 5.77. The van der Waals surface area contributed by atoms with E-state index in [4.69, 9.17) is 4.74 Å². The third-order valence-electron chi connectivity index (χ3n) is 1.59. The summed E-state index contributed by atoms with van der Waals surface area (Å²) in [7, 11) is 1.85. The number of Topliss-reactive ketones (excluding diaryl/α,β-unsaturated/α-hetero) is 1. The molecule has 0 aromatic heterocycles. The van der Waals surface area contributed by atoms with Gasteiger partial charge in [0.15, 0.2) is 5.78 Å². The van der Waals surface area contributed by atoms with Gasteiger partial charge in [0.05, 0.1) is 0 Å². The van der Waals surface area contributed by atoms with Crippen molar-refractivity contribution >= 4 is 11.5 Å². The number of benzene rings is 1. The molecule has 1 aromatic carbocycles. The van der Waals surface area contributed by atoms with Gasteiger partial charge < -0.3 is 10.1 Å². The predicted molar refractivity (Wildman–Crippen MR) is 63.5 cm³/mol. The molecule has 1 aromatic rings. The Bertz CT molecular complexity index is 280. The minimum atomic E-state index is 0.0256. The Morgan fingerprint density at radius 3 is 2.20 bits per heavy atom. The standard InChI is InChI=1S/C10H13NO2.C2H6/c1-8(12)7-13-10-5-3-9(11-2)4-6-10;1-2/h3-6,11H,7H2,1-2H3;1-2H3. The van der Waals surface area contributed by atoms with Crippen LogP contribution in [0.15, 0.2) is 24.3 Å². The van der Waals surface area contributed by atoms with E-state index in [0.717, 1.165) is 5.69 Å². The lowest BCUT2D eigenvalue weighted by atomic mass is 10.3. The second-order valence-corrected chi connectivity index (χ2v) is 2.77. The second-order valence-electron chi connectivity index (χ2n) is 2.77. The molecule has 0 aliphatic heterocycles. The third-order valence-corrected chi connectivity index (χ3v) is 1.59. The van der Waals surface area contributed by atoms with Gasteiger partial charge in [-0.3, -0.25) is 4.79 Å². The van der Waals surface area contributed by atoms with Gasteiger partial charge in [-0.2, -0.15) is 0 Å². The fraction of sp³-hybridized carbons (Fsp3) is 0.417. The van der Waals surface area contributed by atoms with Crippen LogP contribution in [-0.4, -0.2) is 19.4 Å². The third kappa shape index (κ3) is 5.73. The fourth-order valence-electron chi connectivity index (χ4n) is 0.903. The van der Waals surface area contributed by atoms with Gasteiger partial charge in [0.2, 0.25) is 0 Å². The lowest BCUT2D eigenvalue weighted by Crippen LogP contribution is -2.06. The maximum Gasteiger partial charge on any atom is 0.167 e. The summed E-state index contributed by atoms with van der Waals surface area (Å²) in [6.45, 7) is 5.64. The van der Waals surface area contributed by atoms with Gasteiger partial charge in [-0.05, 0) is 31.2 Å². The SMILES string of the molecule is CC.CNc1ccc(OCC(C)=O)cc1. The van der Waals surface area contributed by atoms with Crippen molar-refractivity contribution in [2.75, 3.05) is 19.0 Å². The van der Waals surface area contributed by atoms with Gasteiger partial charge in [-0.25, -0.2) is 0 Å². The molecule has 0 atom stereocenters. The highest BCUT2D eigenvalue weighted by Crippen LogP contribution is 2.14. The van der Waals surface area contributed by atoms with E-state index in [1.165, 1.54) is 6.92 Å². The molecule has 15 heavy (non-hydrogen) atoms. The minimum Gasteiger partial charge on any atom is -0.486 e. The number of rotatable bonds is 4. The number of anilines is 1. The number of carbonyl (C=O) groups is 1. The molecule has 0 bridgehead atoms. The Morgan fingerprint density at radius 2 is 1.80 bits per heavy atom. The zero-order valence-corrected chi connectivity index (χ0v) is 9.83. The maximum atomic E-state index is 10.6. The van der Waals surface area contributed by atoms with Crippen LogP contribution in [-0.2, 0) is 4.79 Å². The molecule has 0 saturated carbocycles. The van der Waals surface area contributed by atoms with Crippen LogP contribution >= 0.6 is 0 Å². The predicted octanol–water partition coefficient (Wildman–Crippen LogP) is 2.72. The largest absolute Gasteiger partial charge is 0.486 e. The molecule has 3 nitrogen and oxygen atoms in total. The van der Waals surface area contributed by atoms with E-state index in [9.17, 15) is 4.79 Å². The van der Waals surface area contributed by atoms with Crippen LogP contribution in [0.2, 0.25) is 0 Å². The zero-order valence-electron chi connectivity index (χ0n) is 9.83. The number of nitrogens with one attached hydrogen (secondary N) is 1. The van der Waals surface area contributed by atoms with E-state index in [1.54, 1.807) is 0 Å². The van der Waals surface area contributed by atoms with Crippen LogP contribution in [0.3, 0.4) is 0 Å². The summed E-state index contributed by atoms with van der Waals surface area (Å²) in [4.78, 5) is 10.6. The van der Waals surface area contributed by atoms with Crippen LogP contribution in [0.25, 0.3) is 0 Å². The number of carbonyl (C=O) groups excluding carboxylic acids is 1. The van der Waals surface area contributed by atoms with Gasteiger partial charge in [-0.1, -0.05) is 13.8 Å². The Labute approximate surface area is 91.5 Å². The summed E-state index contributed by atoms with van der Waals surface area (Å²) in [6.07, 6.45) is 0. The molecular weight excluding hydrogens is 190 g/mol. The van der Waals surface area contributed by atoms with Crippen molar-refractivity contribution in [3.8, 4) is 5.75 Å². The molecule has 0 spiro atoms. The molecule has 3 heteroatoms. The van der Waals surface area contributed by atoms with Crippen molar-refractivity contribution in [1.29, 1.82) is 0 Å². The normalized spacial score (nSPS) is 8.53. The summed E-state index contributed by atoms with van der Waals surface area (Å²) < 4.78 is 5.19. The van der Waals surface area contributed by atoms with Gasteiger partial charge >= 0.3 is 0 Å². The van der Waals surface area contributed by atoms with Crippen LogP contribution in [0.4, 0.5) is 5.69 Å². The van der Waals surface area contributed by atoms with Gasteiger partial charge in [-0.15, -0.1) is 0 Å². The van der Waals surface area contributed by atoms with Crippen molar-refractivity contribution in [2.45, 2.75) is 20.8 Å². The minimum absolute atomic E-state index is 0.0256. The molecule has 0 heterocycles. The molecule has 0 fully saturated rings. The molecule has 1 N–H and O–H groups in total. The van der Waals surface area contributed by atoms with Crippen molar-refractivity contribution in [3.63, 3.8) is 0 Å². The van der Waals surface area contributed by atoms with Crippen molar-refractivity contribution in [3.05, 3.63) is 24.3 Å². The smallest absolute Gasteiger partial charge is 0.167 e. The average molecular weight is 209 g/mol. The molecule has 0 radical (unpaired) electrons. The van der Waals surface area contributed by atoms with Gasteiger partial charge in [0.1, 0.15) is 12.4 Å². The Hall–Kier alpha value is -1.51. The summed E-state index contributed by atoms with van der Waals surface area (Å²) in [5.41, 5.74) is 1.02. The molecule has 0 aliphatic rings. The monoisotopic (exact) mass is 209 g/mol. The van der Waals surface area contributed by atoms with Gasteiger partial charge in [0, 0.05) is 12.7 Å². The summed E-state index contributed by atoms with van der Waals surface area (Å²) in [5.74, 6) is 0.742. The first-order valence-corrected chi connectivity index (χ1v) is 5.12.